The third kappa shape index (κ3) is 5.33. The number of carbonyl (C=O) groups excluding carboxylic acids is 1. The van der Waals surface area contributed by atoms with Crippen molar-refractivity contribution >= 4 is 5.91 Å². The normalized spacial score (nSPS) is 13.2. The second-order valence-corrected chi connectivity index (χ2v) is 8.11. The lowest BCUT2D eigenvalue weighted by atomic mass is 9.87. The lowest BCUT2D eigenvalue weighted by molar-refractivity contribution is -0.122. The number of hydrogen-bond acceptors (Lipinski definition) is 3. The Kier molecular flexibility index (Phi) is 7.00. The molecule has 1 N–H and O–H groups in total. The highest BCUT2D eigenvalue weighted by atomic mass is 16.5. The average Bonchev–Trinajstić information content (AvgIpc) is 3.22. The molecule has 0 unspecified atom stereocenters. The molecule has 0 spiro atoms. The summed E-state index contributed by atoms with van der Waals surface area (Å²) in [7, 11) is 1.70. The fourth-order valence-corrected chi connectivity index (χ4v) is 4.45. The minimum Gasteiger partial charge on any atom is -0.496 e. The Morgan fingerprint density at radius 3 is 2.26 bits per heavy atom. The Hall–Kier alpha value is -3.11. The Morgan fingerprint density at radius 2 is 1.61 bits per heavy atom. The van der Waals surface area contributed by atoms with Gasteiger partial charge in [-0.1, -0.05) is 72.8 Å². The molecule has 0 saturated heterocycles. The van der Waals surface area contributed by atoms with Crippen LogP contribution in [0.4, 0.5) is 0 Å². The van der Waals surface area contributed by atoms with Crippen molar-refractivity contribution in [3.8, 4) is 5.75 Å². The van der Waals surface area contributed by atoms with Gasteiger partial charge in [0.25, 0.3) is 0 Å². The molecule has 0 aromatic heterocycles. The number of amides is 1. The van der Waals surface area contributed by atoms with Crippen molar-refractivity contribution in [2.45, 2.75) is 31.8 Å². The fraction of sp³-hybridized carbons (Fsp3) is 0.296. The van der Waals surface area contributed by atoms with Crippen LogP contribution in [0.2, 0.25) is 0 Å². The van der Waals surface area contributed by atoms with Gasteiger partial charge in [-0.3, -0.25) is 9.69 Å². The van der Waals surface area contributed by atoms with E-state index in [-0.39, 0.29) is 5.91 Å². The minimum atomic E-state index is 0.0859. The maximum atomic E-state index is 12.5. The van der Waals surface area contributed by atoms with Crippen LogP contribution in [-0.4, -0.2) is 31.0 Å². The predicted molar refractivity (Wildman–Crippen MR) is 124 cm³/mol. The van der Waals surface area contributed by atoms with Gasteiger partial charge in [0.1, 0.15) is 5.75 Å². The van der Waals surface area contributed by atoms with Crippen LogP contribution in [-0.2, 0) is 17.9 Å². The van der Waals surface area contributed by atoms with Crippen molar-refractivity contribution in [2.75, 3.05) is 20.2 Å². The van der Waals surface area contributed by atoms with Gasteiger partial charge in [0.2, 0.25) is 5.91 Å². The van der Waals surface area contributed by atoms with Gasteiger partial charge in [0.05, 0.1) is 13.7 Å². The minimum absolute atomic E-state index is 0.0859. The Bertz CT molecular complexity index is 949. The molecule has 1 aliphatic rings. The molecule has 0 fully saturated rings. The van der Waals surface area contributed by atoms with Crippen LogP contribution in [0.5, 0.6) is 5.75 Å². The van der Waals surface area contributed by atoms with Crippen LogP contribution >= 0.6 is 0 Å². The quantitative estimate of drug-likeness (QED) is 0.514. The highest BCUT2D eigenvalue weighted by molar-refractivity contribution is 5.78. The Labute approximate surface area is 184 Å². The van der Waals surface area contributed by atoms with Crippen LogP contribution in [0.15, 0.2) is 78.9 Å². The first-order valence-electron chi connectivity index (χ1n) is 11.0. The molecule has 0 aliphatic carbocycles. The number of nitrogens with one attached hydrogen (secondary N) is 1. The first kappa shape index (κ1) is 21.1. The zero-order valence-corrected chi connectivity index (χ0v) is 18.1. The number of carbonyl (C=O) groups is 1. The van der Waals surface area contributed by atoms with E-state index >= 15 is 0 Å². The lowest BCUT2D eigenvalue weighted by Crippen LogP contribution is -2.35. The zero-order chi connectivity index (χ0) is 21.5. The van der Waals surface area contributed by atoms with Crippen molar-refractivity contribution in [2.24, 2.45) is 0 Å². The van der Waals surface area contributed by atoms with E-state index in [1.807, 2.05) is 12.1 Å². The van der Waals surface area contributed by atoms with Gasteiger partial charge < -0.3 is 10.1 Å². The molecule has 4 nitrogen and oxygen atoms in total. The van der Waals surface area contributed by atoms with Crippen molar-refractivity contribution in [1.82, 2.24) is 10.2 Å². The molecule has 3 aromatic carbocycles. The number of benzene rings is 3. The van der Waals surface area contributed by atoms with Gasteiger partial charge >= 0.3 is 0 Å². The van der Waals surface area contributed by atoms with Crippen LogP contribution in [0, 0.1) is 0 Å². The fourth-order valence-electron chi connectivity index (χ4n) is 4.45. The number of hydrogen-bond donors (Lipinski definition) is 1. The van der Waals surface area contributed by atoms with Gasteiger partial charge in [-0.15, -0.1) is 0 Å². The van der Waals surface area contributed by atoms with Gasteiger partial charge in [0, 0.05) is 31.1 Å². The average molecular weight is 415 g/mol. The van der Waals surface area contributed by atoms with E-state index in [9.17, 15) is 4.79 Å². The number of ether oxygens (including phenoxy) is 1. The molecular weight excluding hydrogens is 384 g/mol. The van der Waals surface area contributed by atoms with Gasteiger partial charge in [0.15, 0.2) is 0 Å². The molecule has 0 radical (unpaired) electrons. The summed E-state index contributed by atoms with van der Waals surface area (Å²) in [5, 5.41) is 3.11. The summed E-state index contributed by atoms with van der Waals surface area (Å²) in [6.45, 7) is 2.67. The van der Waals surface area contributed by atoms with Crippen LogP contribution < -0.4 is 10.1 Å². The predicted octanol–water partition coefficient (Wildman–Crippen LogP) is 4.74. The summed E-state index contributed by atoms with van der Waals surface area (Å²) < 4.78 is 5.46. The summed E-state index contributed by atoms with van der Waals surface area (Å²) in [6.07, 6.45) is 1.94. The summed E-state index contributed by atoms with van der Waals surface area (Å²) in [5.74, 6) is 1.34. The molecule has 1 heterocycles. The van der Waals surface area contributed by atoms with Crippen molar-refractivity contribution in [3.05, 3.63) is 101 Å². The molecule has 4 heteroatoms. The monoisotopic (exact) mass is 414 g/mol. The molecular formula is C27H30N2O2. The third-order valence-corrected chi connectivity index (χ3v) is 5.99. The highest BCUT2D eigenvalue weighted by Crippen LogP contribution is 2.31. The second-order valence-electron chi connectivity index (χ2n) is 8.11. The lowest BCUT2D eigenvalue weighted by Gasteiger charge is -2.19. The van der Waals surface area contributed by atoms with E-state index in [2.05, 4.69) is 76.9 Å². The summed E-state index contributed by atoms with van der Waals surface area (Å²) in [6, 6.07) is 27.4. The molecule has 31 heavy (non-hydrogen) atoms. The molecule has 0 saturated carbocycles. The van der Waals surface area contributed by atoms with Crippen LogP contribution in [0.25, 0.3) is 0 Å². The van der Waals surface area contributed by atoms with Crippen LogP contribution in [0.1, 0.15) is 41.0 Å². The third-order valence-electron chi connectivity index (χ3n) is 5.99. The van der Waals surface area contributed by atoms with Gasteiger partial charge in [-0.05, 0) is 35.6 Å². The van der Waals surface area contributed by atoms with E-state index in [0.29, 0.717) is 19.0 Å². The van der Waals surface area contributed by atoms with Crippen LogP contribution in [0.3, 0.4) is 0 Å². The molecule has 160 valence electrons. The summed E-state index contributed by atoms with van der Waals surface area (Å²) in [5.41, 5.74) is 5.10. The molecule has 1 aliphatic heterocycles. The van der Waals surface area contributed by atoms with E-state index < -0.39 is 0 Å². The molecule has 1 amide bonds. The molecule has 3 aromatic rings. The number of rotatable bonds is 9. The molecule has 0 atom stereocenters. The van der Waals surface area contributed by atoms with E-state index in [4.69, 9.17) is 4.74 Å². The SMILES string of the molecule is COc1cccc2c1CN(CC(=O)NCCCC(c1ccccc1)c1ccccc1)C2. The topological polar surface area (TPSA) is 41.6 Å². The van der Waals surface area contributed by atoms with Crippen molar-refractivity contribution in [3.63, 3.8) is 0 Å². The van der Waals surface area contributed by atoms with Crippen molar-refractivity contribution < 1.29 is 9.53 Å². The summed E-state index contributed by atoms with van der Waals surface area (Å²) >= 11 is 0. The first-order valence-corrected chi connectivity index (χ1v) is 11.0. The first-order chi connectivity index (χ1) is 15.2. The summed E-state index contributed by atoms with van der Waals surface area (Å²) in [4.78, 5) is 14.7. The molecule has 4 rings (SSSR count). The van der Waals surface area contributed by atoms with E-state index in [1.165, 1.54) is 22.3 Å². The Morgan fingerprint density at radius 1 is 0.935 bits per heavy atom. The second kappa shape index (κ2) is 10.3. The van der Waals surface area contributed by atoms with Gasteiger partial charge in [-0.25, -0.2) is 0 Å². The molecule has 0 bridgehead atoms. The van der Waals surface area contributed by atoms with E-state index in [1.54, 1.807) is 7.11 Å². The maximum absolute atomic E-state index is 12.5. The maximum Gasteiger partial charge on any atom is 0.234 e. The smallest absolute Gasteiger partial charge is 0.234 e. The van der Waals surface area contributed by atoms with Crippen molar-refractivity contribution in [1.29, 1.82) is 0 Å². The number of nitrogens with zero attached hydrogens (tertiary/aromatic N) is 1. The number of fused-ring (bicyclic) bond motifs is 1. The van der Waals surface area contributed by atoms with Gasteiger partial charge in [-0.2, -0.15) is 0 Å². The largest absolute Gasteiger partial charge is 0.496 e. The number of methoxy groups -OCH3 is 1. The van der Waals surface area contributed by atoms with E-state index in [0.717, 1.165) is 31.7 Å². The Balaban J connectivity index is 1.26. The highest BCUT2D eigenvalue weighted by Gasteiger charge is 2.23. The standard InChI is InChI=1S/C27H30N2O2/c1-31-26-16-8-14-23-18-29(19-25(23)26)20-27(30)28-17-9-15-24(21-10-4-2-5-11-21)22-12-6-3-7-13-22/h2-8,10-14,16,24H,9,15,17-20H2,1H3,(H,28,30). The zero-order valence-electron chi connectivity index (χ0n) is 18.1.